The summed E-state index contributed by atoms with van der Waals surface area (Å²) in [5.41, 5.74) is 3.99. The van der Waals surface area contributed by atoms with E-state index in [2.05, 4.69) is 4.90 Å². The van der Waals surface area contributed by atoms with Crippen LogP contribution >= 0.6 is 11.8 Å². The first-order valence-electron chi connectivity index (χ1n) is 10.7. The third-order valence-corrected chi connectivity index (χ3v) is 6.84. The minimum atomic E-state index is -0.325. The van der Waals surface area contributed by atoms with Crippen LogP contribution in [0.4, 0.5) is 16.2 Å². The van der Waals surface area contributed by atoms with Crippen LogP contribution < -0.4 is 4.90 Å². The molecule has 3 heterocycles. The maximum Gasteiger partial charge on any atom is 0.294 e. The van der Waals surface area contributed by atoms with Crippen molar-refractivity contribution in [2.75, 3.05) is 18.0 Å². The highest BCUT2D eigenvalue weighted by atomic mass is 32.2. The molecule has 0 saturated carbocycles. The van der Waals surface area contributed by atoms with Gasteiger partial charge >= 0.3 is 0 Å². The normalized spacial score (nSPS) is 18.0. The lowest BCUT2D eigenvalue weighted by Crippen LogP contribution is -2.34. The Morgan fingerprint density at radius 2 is 1.81 bits per heavy atom. The van der Waals surface area contributed by atoms with E-state index in [4.69, 9.17) is 0 Å². The number of nitrogens with zero attached hydrogens (tertiary/aromatic N) is 4. The topological polar surface area (TPSA) is 88.7 Å². The standard InChI is InChI=1S/C23H26N4O4S/c1-14(2)25-22(28)21(32-23(25)29)12-17-11-15(3)26(16(17)4)18-7-8-19(20(13-18)27(30)31)24-9-5-6-10-24/h7-8,11-14H,5-6,9-10H2,1-4H3/b21-12-. The zero-order valence-corrected chi connectivity index (χ0v) is 19.4. The van der Waals surface area contributed by atoms with Crippen LogP contribution in [-0.2, 0) is 4.79 Å². The van der Waals surface area contributed by atoms with Gasteiger partial charge in [0.15, 0.2) is 0 Å². The van der Waals surface area contributed by atoms with Gasteiger partial charge in [0.2, 0.25) is 0 Å². The number of carbonyl (C=O) groups excluding carboxylic acids is 2. The third kappa shape index (κ3) is 3.81. The van der Waals surface area contributed by atoms with E-state index >= 15 is 0 Å². The lowest BCUT2D eigenvalue weighted by molar-refractivity contribution is -0.384. The number of nitro groups is 1. The molecule has 168 valence electrons. The van der Waals surface area contributed by atoms with Crippen molar-refractivity contribution < 1.29 is 14.5 Å². The predicted octanol–water partition coefficient (Wildman–Crippen LogP) is 5.05. The Kier molecular flexibility index (Phi) is 5.85. The molecule has 0 unspecified atom stereocenters. The molecule has 2 aliphatic rings. The molecular formula is C23H26N4O4S. The molecule has 4 rings (SSSR count). The Hall–Kier alpha value is -3.07. The summed E-state index contributed by atoms with van der Waals surface area (Å²) < 4.78 is 1.94. The second-order valence-electron chi connectivity index (χ2n) is 8.43. The van der Waals surface area contributed by atoms with Crippen LogP contribution in [-0.4, -0.2) is 44.7 Å². The van der Waals surface area contributed by atoms with Crippen molar-refractivity contribution in [1.82, 2.24) is 9.47 Å². The van der Waals surface area contributed by atoms with Crippen LogP contribution in [0.15, 0.2) is 29.2 Å². The SMILES string of the molecule is Cc1cc(/C=C2\SC(=O)N(C(C)C)C2=O)c(C)n1-c1ccc(N2CCCC2)c([N+](=O)[O-])c1. The van der Waals surface area contributed by atoms with Crippen molar-refractivity contribution in [3.8, 4) is 5.69 Å². The Labute approximate surface area is 191 Å². The molecule has 9 heteroatoms. The number of benzene rings is 1. The number of carbonyl (C=O) groups is 2. The van der Waals surface area contributed by atoms with Gasteiger partial charge in [-0.05, 0) is 82.1 Å². The number of nitro benzene ring substituents is 1. The van der Waals surface area contributed by atoms with E-state index in [9.17, 15) is 19.7 Å². The Balaban J connectivity index is 1.73. The summed E-state index contributed by atoms with van der Waals surface area (Å²) in [6.07, 6.45) is 3.82. The van der Waals surface area contributed by atoms with Crippen LogP contribution in [0.2, 0.25) is 0 Å². The largest absolute Gasteiger partial charge is 0.366 e. The average Bonchev–Trinajstić information content (AvgIpc) is 3.41. The Bertz CT molecular complexity index is 1150. The number of rotatable bonds is 5. The van der Waals surface area contributed by atoms with E-state index in [0.717, 1.165) is 54.6 Å². The molecule has 0 atom stereocenters. The van der Waals surface area contributed by atoms with Crippen LogP contribution in [0, 0.1) is 24.0 Å². The van der Waals surface area contributed by atoms with Crippen molar-refractivity contribution in [3.63, 3.8) is 0 Å². The fourth-order valence-electron chi connectivity index (χ4n) is 4.42. The first-order valence-corrected chi connectivity index (χ1v) is 11.5. The molecule has 1 aromatic carbocycles. The van der Waals surface area contributed by atoms with Gasteiger partial charge in [-0.2, -0.15) is 0 Å². The summed E-state index contributed by atoms with van der Waals surface area (Å²) in [5.74, 6) is -0.287. The van der Waals surface area contributed by atoms with Gasteiger partial charge in [0.1, 0.15) is 5.69 Å². The quantitative estimate of drug-likeness (QED) is 0.357. The summed E-state index contributed by atoms with van der Waals surface area (Å²) in [6.45, 7) is 9.11. The lowest BCUT2D eigenvalue weighted by atomic mass is 10.2. The molecule has 2 amide bonds. The number of hydrogen-bond donors (Lipinski definition) is 0. The molecule has 32 heavy (non-hydrogen) atoms. The van der Waals surface area contributed by atoms with Gasteiger partial charge in [0.25, 0.3) is 16.8 Å². The maximum atomic E-state index is 12.6. The number of amides is 2. The molecule has 2 aromatic rings. The highest BCUT2D eigenvalue weighted by molar-refractivity contribution is 8.18. The van der Waals surface area contributed by atoms with Crippen LogP contribution in [0.1, 0.15) is 43.6 Å². The summed E-state index contributed by atoms with van der Waals surface area (Å²) in [4.78, 5) is 40.0. The molecule has 2 aliphatic heterocycles. The molecular weight excluding hydrogens is 428 g/mol. The molecule has 0 N–H and O–H groups in total. The molecule has 0 bridgehead atoms. The number of aryl methyl sites for hydroxylation is 1. The van der Waals surface area contributed by atoms with Crippen LogP contribution in [0.25, 0.3) is 11.8 Å². The fraction of sp³-hybridized carbons (Fsp3) is 0.391. The highest BCUT2D eigenvalue weighted by Gasteiger charge is 2.36. The van der Waals surface area contributed by atoms with E-state index in [0.29, 0.717) is 16.3 Å². The van der Waals surface area contributed by atoms with Crippen LogP contribution in [0.3, 0.4) is 0 Å². The summed E-state index contributed by atoms with van der Waals surface area (Å²) in [6, 6.07) is 7.07. The fourth-order valence-corrected chi connectivity index (χ4v) is 5.37. The van der Waals surface area contributed by atoms with Crippen molar-refractivity contribution >= 4 is 40.4 Å². The maximum absolute atomic E-state index is 12.6. The molecule has 0 spiro atoms. The van der Waals surface area contributed by atoms with Crippen molar-refractivity contribution in [2.24, 2.45) is 0 Å². The van der Waals surface area contributed by atoms with Crippen molar-refractivity contribution in [3.05, 3.63) is 56.2 Å². The Morgan fingerprint density at radius 1 is 1.12 bits per heavy atom. The Morgan fingerprint density at radius 3 is 2.41 bits per heavy atom. The van der Waals surface area contributed by atoms with Gasteiger partial charge in [-0.25, -0.2) is 0 Å². The highest BCUT2D eigenvalue weighted by Crippen LogP contribution is 2.36. The molecule has 2 fully saturated rings. The van der Waals surface area contributed by atoms with E-state index in [-0.39, 0.29) is 27.8 Å². The number of anilines is 1. The monoisotopic (exact) mass is 454 g/mol. The van der Waals surface area contributed by atoms with Gasteiger partial charge in [-0.3, -0.25) is 24.6 Å². The summed E-state index contributed by atoms with van der Waals surface area (Å²) in [5, 5.41) is 11.5. The predicted molar refractivity (Wildman–Crippen MR) is 126 cm³/mol. The van der Waals surface area contributed by atoms with E-state index in [1.807, 2.05) is 50.5 Å². The first-order chi connectivity index (χ1) is 15.2. The molecule has 2 saturated heterocycles. The molecule has 0 radical (unpaired) electrons. The van der Waals surface area contributed by atoms with E-state index < -0.39 is 0 Å². The van der Waals surface area contributed by atoms with Gasteiger partial charge in [0, 0.05) is 36.6 Å². The second kappa shape index (κ2) is 8.46. The summed E-state index contributed by atoms with van der Waals surface area (Å²) >= 11 is 0.941. The van der Waals surface area contributed by atoms with Crippen molar-refractivity contribution in [1.29, 1.82) is 0 Å². The van der Waals surface area contributed by atoms with E-state index in [1.54, 1.807) is 12.1 Å². The zero-order chi connectivity index (χ0) is 23.2. The third-order valence-electron chi connectivity index (χ3n) is 5.96. The minimum Gasteiger partial charge on any atom is -0.366 e. The number of aromatic nitrogens is 1. The number of hydrogen-bond acceptors (Lipinski definition) is 6. The van der Waals surface area contributed by atoms with Crippen LogP contribution in [0.5, 0.6) is 0 Å². The molecule has 1 aromatic heterocycles. The molecule has 8 nitrogen and oxygen atoms in total. The molecule has 0 aliphatic carbocycles. The van der Waals surface area contributed by atoms with Gasteiger partial charge in [0.05, 0.1) is 15.5 Å². The average molecular weight is 455 g/mol. The smallest absolute Gasteiger partial charge is 0.294 e. The first kappa shape index (κ1) is 22.1. The summed E-state index contributed by atoms with van der Waals surface area (Å²) in [7, 11) is 0. The zero-order valence-electron chi connectivity index (χ0n) is 18.6. The van der Waals surface area contributed by atoms with E-state index in [1.165, 1.54) is 4.90 Å². The minimum absolute atomic E-state index is 0.0940. The van der Waals surface area contributed by atoms with Gasteiger partial charge < -0.3 is 9.47 Å². The van der Waals surface area contributed by atoms with Gasteiger partial charge in [-0.1, -0.05) is 0 Å². The second-order valence-corrected chi connectivity index (χ2v) is 9.42. The number of imide groups is 1. The lowest BCUT2D eigenvalue weighted by Gasteiger charge is -2.19. The number of thioether (sulfide) groups is 1. The van der Waals surface area contributed by atoms with Crippen molar-refractivity contribution in [2.45, 2.75) is 46.6 Å². The van der Waals surface area contributed by atoms with Gasteiger partial charge in [-0.15, -0.1) is 0 Å².